The standard InChI is InChI=1S/C32H36N6O4.C4H9N/c1-18-14-23(29(34)39)10-12-25(18)21-6-2-19(3-7-21)15-28(36-30(40)22-8-4-20(17-33)5-9-22)32(42)35-24-11-13-26-27(16-24)37-38-31(26)41;1-2-4-5-3-1/h2-3,6-7,10-14,16,20,22,28H,4-5,8-9,15,17,33H2,1H3,(H2,34,39)(H,35,42)(H,36,40)(H2,37,38,41);5H,1-4H2/t20?,22?,28-;/m0./s1. The Morgan fingerprint density at radius 3 is 2.26 bits per heavy atom. The van der Waals surface area contributed by atoms with E-state index in [1.807, 2.05) is 37.3 Å². The Morgan fingerprint density at radius 2 is 1.64 bits per heavy atom. The first-order valence-corrected chi connectivity index (χ1v) is 16.4. The van der Waals surface area contributed by atoms with Gasteiger partial charge in [0.1, 0.15) is 6.04 Å². The molecule has 9 N–H and O–H groups in total. The third kappa shape index (κ3) is 8.75. The van der Waals surface area contributed by atoms with Crippen molar-refractivity contribution in [2.24, 2.45) is 23.3 Å². The van der Waals surface area contributed by atoms with Crippen LogP contribution in [-0.4, -0.2) is 53.6 Å². The van der Waals surface area contributed by atoms with Crippen LogP contribution in [0.1, 0.15) is 60.0 Å². The van der Waals surface area contributed by atoms with Gasteiger partial charge in [0.2, 0.25) is 17.7 Å². The lowest BCUT2D eigenvalue weighted by Crippen LogP contribution is -2.48. The van der Waals surface area contributed by atoms with Gasteiger partial charge in [0, 0.05) is 23.6 Å². The summed E-state index contributed by atoms with van der Waals surface area (Å²) in [4.78, 5) is 50.2. The second kappa shape index (κ2) is 15.7. The molecule has 1 aliphatic heterocycles. The largest absolute Gasteiger partial charge is 0.366 e. The van der Waals surface area contributed by atoms with E-state index in [2.05, 4.69) is 26.1 Å². The molecule has 6 rings (SSSR count). The SMILES string of the molecule is C1CCNC1.Cc1cc(C(N)=O)ccc1-c1ccc(C[C@H](NC(=O)C2CCC(CN)CC2)C(=O)Nc2ccc3c(=O)[nH][nH]c3c2)cc1. The maximum atomic E-state index is 13.5. The van der Waals surface area contributed by atoms with Crippen molar-refractivity contribution in [3.63, 3.8) is 0 Å². The summed E-state index contributed by atoms with van der Waals surface area (Å²) in [6.45, 7) is 5.05. The maximum Gasteiger partial charge on any atom is 0.271 e. The number of H-pyrrole nitrogens is 2. The lowest BCUT2D eigenvalue weighted by Gasteiger charge is -2.28. The number of carbonyl (C=O) groups is 3. The average molecular weight is 640 g/mol. The van der Waals surface area contributed by atoms with Crippen LogP contribution in [0.25, 0.3) is 22.0 Å². The zero-order valence-corrected chi connectivity index (χ0v) is 26.9. The fourth-order valence-electron chi connectivity index (χ4n) is 6.33. The lowest BCUT2D eigenvalue weighted by molar-refractivity contribution is -0.130. The van der Waals surface area contributed by atoms with Crippen LogP contribution in [-0.2, 0) is 16.0 Å². The van der Waals surface area contributed by atoms with Crippen molar-refractivity contribution < 1.29 is 14.4 Å². The Bertz CT molecular complexity index is 1740. The molecule has 0 spiro atoms. The number of amides is 3. The van der Waals surface area contributed by atoms with Gasteiger partial charge in [0.05, 0.1) is 10.9 Å². The maximum absolute atomic E-state index is 13.5. The molecule has 4 aromatic rings. The number of hydrogen-bond donors (Lipinski definition) is 7. The van der Waals surface area contributed by atoms with E-state index in [4.69, 9.17) is 11.5 Å². The summed E-state index contributed by atoms with van der Waals surface area (Å²) in [5.74, 6) is -0.661. The number of nitrogens with one attached hydrogen (secondary N) is 5. The van der Waals surface area contributed by atoms with Crippen LogP contribution >= 0.6 is 0 Å². The van der Waals surface area contributed by atoms with Gasteiger partial charge in [-0.3, -0.25) is 29.4 Å². The van der Waals surface area contributed by atoms with E-state index in [-0.39, 0.29) is 23.3 Å². The van der Waals surface area contributed by atoms with Crippen molar-refractivity contribution in [3.8, 4) is 11.1 Å². The zero-order chi connectivity index (χ0) is 33.3. The van der Waals surface area contributed by atoms with Gasteiger partial charge in [-0.1, -0.05) is 30.3 Å². The Morgan fingerprint density at radius 1 is 0.915 bits per heavy atom. The summed E-state index contributed by atoms with van der Waals surface area (Å²) in [7, 11) is 0. The van der Waals surface area contributed by atoms with E-state index >= 15 is 0 Å². The van der Waals surface area contributed by atoms with Gasteiger partial charge in [0.25, 0.3) is 5.56 Å². The first kappa shape index (κ1) is 33.6. The third-order valence-electron chi connectivity index (χ3n) is 9.20. The highest BCUT2D eigenvalue weighted by atomic mass is 16.2. The molecule has 47 heavy (non-hydrogen) atoms. The van der Waals surface area contributed by atoms with Gasteiger partial charge in [-0.15, -0.1) is 0 Å². The van der Waals surface area contributed by atoms with E-state index in [1.54, 1.807) is 30.3 Å². The molecule has 1 atom stereocenters. The summed E-state index contributed by atoms with van der Waals surface area (Å²) in [6, 6.07) is 17.3. The molecule has 3 amide bonds. The number of nitrogens with two attached hydrogens (primary N) is 2. The lowest BCUT2D eigenvalue weighted by atomic mass is 9.81. The molecule has 0 bridgehead atoms. The number of aryl methyl sites for hydroxylation is 1. The summed E-state index contributed by atoms with van der Waals surface area (Å²) < 4.78 is 0. The average Bonchev–Trinajstić information content (AvgIpc) is 3.79. The molecule has 248 valence electrons. The van der Waals surface area contributed by atoms with Gasteiger partial charge in [-0.05, 0) is 124 Å². The number of hydrogen-bond acceptors (Lipinski definition) is 6. The summed E-state index contributed by atoms with van der Waals surface area (Å²) in [6.07, 6.45) is 6.38. The summed E-state index contributed by atoms with van der Waals surface area (Å²) >= 11 is 0. The fraction of sp³-hybridized carbons (Fsp3) is 0.389. The van der Waals surface area contributed by atoms with Crippen molar-refractivity contribution >= 4 is 34.3 Å². The van der Waals surface area contributed by atoms with Crippen molar-refractivity contribution in [1.29, 1.82) is 0 Å². The Labute approximate surface area is 274 Å². The molecular weight excluding hydrogens is 594 g/mol. The molecular formula is C36H45N7O4. The van der Waals surface area contributed by atoms with E-state index in [0.717, 1.165) is 47.9 Å². The predicted octanol–water partition coefficient (Wildman–Crippen LogP) is 3.73. The Balaban J connectivity index is 0.000000792. The number of primary amides is 1. The van der Waals surface area contributed by atoms with Gasteiger partial charge in [-0.2, -0.15) is 0 Å². The number of benzene rings is 3. The number of anilines is 1. The molecule has 11 nitrogen and oxygen atoms in total. The molecule has 0 unspecified atom stereocenters. The molecule has 1 aromatic heterocycles. The van der Waals surface area contributed by atoms with Crippen molar-refractivity contribution in [2.75, 3.05) is 25.0 Å². The number of fused-ring (bicyclic) bond motifs is 1. The summed E-state index contributed by atoms with van der Waals surface area (Å²) in [5, 5.41) is 15.0. The fourth-order valence-corrected chi connectivity index (χ4v) is 6.33. The zero-order valence-electron chi connectivity index (χ0n) is 26.9. The molecule has 2 fully saturated rings. The number of rotatable bonds is 9. The minimum absolute atomic E-state index is 0.127. The number of aromatic amines is 2. The van der Waals surface area contributed by atoms with Gasteiger partial charge in [0.15, 0.2) is 0 Å². The van der Waals surface area contributed by atoms with Gasteiger partial charge < -0.3 is 27.4 Å². The molecule has 1 aliphatic carbocycles. The minimum atomic E-state index is -0.812. The van der Waals surface area contributed by atoms with Crippen LogP contribution in [0.15, 0.2) is 65.5 Å². The first-order valence-electron chi connectivity index (χ1n) is 16.4. The van der Waals surface area contributed by atoms with Crippen molar-refractivity contribution in [1.82, 2.24) is 20.8 Å². The van der Waals surface area contributed by atoms with Crippen LogP contribution in [0, 0.1) is 18.8 Å². The molecule has 2 heterocycles. The van der Waals surface area contributed by atoms with E-state index < -0.39 is 11.9 Å². The quantitative estimate of drug-likeness (QED) is 0.146. The number of aromatic nitrogens is 2. The predicted molar refractivity (Wildman–Crippen MR) is 185 cm³/mol. The molecule has 11 heteroatoms. The van der Waals surface area contributed by atoms with Crippen LogP contribution in [0.4, 0.5) is 5.69 Å². The second-order valence-electron chi connectivity index (χ2n) is 12.6. The Hall–Kier alpha value is -4.74. The highest BCUT2D eigenvalue weighted by Crippen LogP contribution is 2.29. The van der Waals surface area contributed by atoms with Crippen LogP contribution in [0.2, 0.25) is 0 Å². The highest BCUT2D eigenvalue weighted by molar-refractivity contribution is 5.99. The van der Waals surface area contributed by atoms with Crippen LogP contribution in [0.5, 0.6) is 0 Å². The molecule has 2 aliphatic rings. The highest BCUT2D eigenvalue weighted by Gasteiger charge is 2.29. The Kier molecular flexibility index (Phi) is 11.2. The minimum Gasteiger partial charge on any atom is -0.366 e. The molecule has 1 saturated carbocycles. The number of carbonyl (C=O) groups excluding carboxylic acids is 3. The van der Waals surface area contributed by atoms with E-state index in [9.17, 15) is 19.2 Å². The van der Waals surface area contributed by atoms with E-state index in [1.165, 1.54) is 25.9 Å². The molecule has 1 saturated heterocycles. The summed E-state index contributed by atoms with van der Waals surface area (Å²) in [5.41, 5.74) is 16.3. The van der Waals surface area contributed by atoms with E-state index in [0.29, 0.717) is 41.0 Å². The van der Waals surface area contributed by atoms with Gasteiger partial charge in [-0.25, -0.2) is 0 Å². The van der Waals surface area contributed by atoms with Crippen LogP contribution < -0.4 is 33.0 Å². The molecule has 3 aromatic carbocycles. The van der Waals surface area contributed by atoms with Crippen molar-refractivity contribution in [2.45, 2.75) is 57.9 Å². The topological polar surface area (TPSA) is 188 Å². The smallest absolute Gasteiger partial charge is 0.271 e. The van der Waals surface area contributed by atoms with Gasteiger partial charge >= 0.3 is 0 Å². The van der Waals surface area contributed by atoms with Crippen molar-refractivity contribution in [3.05, 3.63) is 87.7 Å². The monoisotopic (exact) mass is 639 g/mol. The molecule has 0 radical (unpaired) electrons. The van der Waals surface area contributed by atoms with Crippen LogP contribution in [0.3, 0.4) is 0 Å². The third-order valence-corrected chi connectivity index (χ3v) is 9.20. The second-order valence-corrected chi connectivity index (χ2v) is 12.6. The normalized spacial score (nSPS) is 18.2. The first-order chi connectivity index (χ1) is 22.7.